The molecule has 0 aromatic rings. The Morgan fingerprint density at radius 3 is 3.11 bits per heavy atom. The van der Waals surface area contributed by atoms with Crippen molar-refractivity contribution in [2.45, 2.75) is 25.7 Å². The maximum atomic E-state index is 5.72. The second kappa shape index (κ2) is 3.94. The molecule has 1 atom stereocenters. The van der Waals surface area contributed by atoms with Crippen LogP contribution in [-0.4, -0.2) is 5.88 Å². The van der Waals surface area contributed by atoms with Crippen molar-refractivity contribution >= 4 is 11.6 Å². The normalized spacial score (nSPS) is 27.9. The van der Waals surface area contributed by atoms with E-state index < -0.39 is 0 Å². The van der Waals surface area contributed by atoms with Crippen molar-refractivity contribution in [1.29, 1.82) is 0 Å². The van der Waals surface area contributed by atoms with E-state index >= 15 is 0 Å². The number of hydrogen-bond donors (Lipinski definition) is 0. The van der Waals surface area contributed by atoms with Gasteiger partial charge in [0.1, 0.15) is 0 Å². The molecule has 0 radical (unpaired) electrons. The Morgan fingerprint density at radius 2 is 2.33 bits per heavy atom. The highest BCUT2D eigenvalue weighted by Gasteiger charge is 2.06. The predicted molar refractivity (Wildman–Crippen MR) is 41.8 cm³/mol. The van der Waals surface area contributed by atoms with Gasteiger partial charge in [-0.15, -0.1) is 11.6 Å². The lowest BCUT2D eigenvalue weighted by molar-refractivity contribution is 0.538. The molecular formula is C8H13Cl. The first kappa shape index (κ1) is 7.14. The molecule has 0 aromatic carbocycles. The summed E-state index contributed by atoms with van der Waals surface area (Å²) in [5.74, 6) is 1.59. The summed E-state index contributed by atoms with van der Waals surface area (Å²) < 4.78 is 0. The van der Waals surface area contributed by atoms with Crippen molar-refractivity contribution < 1.29 is 0 Å². The number of hydrogen-bond acceptors (Lipinski definition) is 0. The molecule has 0 fully saturated rings. The largest absolute Gasteiger partial charge is 0.126 e. The Bertz CT molecular complexity index is 96.7. The van der Waals surface area contributed by atoms with E-state index in [0.717, 1.165) is 11.8 Å². The molecule has 0 saturated carbocycles. The Morgan fingerprint density at radius 1 is 1.44 bits per heavy atom. The van der Waals surface area contributed by atoms with Crippen LogP contribution in [0.3, 0.4) is 0 Å². The molecule has 1 aliphatic rings. The van der Waals surface area contributed by atoms with Crippen molar-refractivity contribution in [2.75, 3.05) is 5.88 Å². The van der Waals surface area contributed by atoms with E-state index in [9.17, 15) is 0 Å². The molecule has 1 unspecified atom stereocenters. The van der Waals surface area contributed by atoms with Gasteiger partial charge in [0, 0.05) is 5.88 Å². The van der Waals surface area contributed by atoms with E-state index in [0.29, 0.717) is 0 Å². The second-order valence-corrected chi connectivity index (χ2v) is 2.97. The van der Waals surface area contributed by atoms with Crippen molar-refractivity contribution in [2.24, 2.45) is 5.92 Å². The zero-order valence-corrected chi connectivity index (χ0v) is 6.40. The average molecular weight is 145 g/mol. The van der Waals surface area contributed by atoms with Crippen LogP contribution in [0.4, 0.5) is 0 Å². The van der Waals surface area contributed by atoms with Gasteiger partial charge in [0.25, 0.3) is 0 Å². The van der Waals surface area contributed by atoms with Gasteiger partial charge >= 0.3 is 0 Å². The zero-order valence-electron chi connectivity index (χ0n) is 5.65. The molecule has 0 heterocycles. The highest BCUT2D eigenvalue weighted by atomic mass is 35.5. The quantitative estimate of drug-likeness (QED) is 0.392. The minimum atomic E-state index is 0.755. The first-order chi connectivity index (χ1) is 4.43. The molecule has 1 heteroatoms. The maximum Gasteiger partial charge on any atom is 0.0254 e. The van der Waals surface area contributed by atoms with Gasteiger partial charge in [0.05, 0.1) is 0 Å². The Balaban J connectivity index is 2.29. The van der Waals surface area contributed by atoms with Crippen LogP contribution in [0.25, 0.3) is 0 Å². The topological polar surface area (TPSA) is 0 Å². The van der Waals surface area contributed by atoms with Crippen molar-refractivity contribution in [3.8, 4) is 0 Å². The Labute approximate surface area is 61.9 Å². The zero-order chi connectivity index (χ0) is 6.53. The predicted octanol–water partition coefficient (Wildman–Crippen LogP) is 2.97. The minimum Gasteiger partial charge on any atom is -0.126 e. The summed E-state index contributed by atoms with van der Waals surface area (Å²) in [5.41, 5.74) is 0. The summed E-state index contributed by atoms with van der Waals surface area (Å²) in [6, 6.07) is 0. The van der Waals surface area contributed by atoms with Crippen LogP contribution in [-0.2, 0) is 0 Å². The summed E-state index contributed by atoms with van der Waals surface area (Å²) in [7, 11) is 0. The first-order valence-corrected chi connectivity index (χ1v) is 4.18. The fraction of sp³-hybridized carbons (Fsp3) is 0.750. The molecule has 0 bridgehead atoms. The van der Waals surface area contributed by atoms with Gasteiger partial charge < -0.3 is 0 Å². The number of allylic oxidation sites excluding steroid dienone is 2. The molecule has 0 aromatic heterocycles. The first-order valence-electron chi connectivity index (χ1n) is 3.64. The molecule has 0 saturated heterocycles. The molecule has 1 aliphatic carbocycles. The van der Waals surface area contributed by atoms with Gasteiger partial charge in [-0.2, -0.15) is 0 Å². The lowest BCUT2D eigenvalue weighted by Crippen LogP contribution is -1.98. The third kappa shape index (κ3) is 2.40. The minimum absolute atomic E-state index is 0.755. The van der Waals surface area contributed by atoms with Crippen LogP contribution in [0.1, 0.15) is 25.7 Å². The summed E-state index contributed by atoms with van der Waals surface area (Å²) >= 11 is 5.72. The highest BCUT2D eigenvalue weighted by Crippen LogP contribution is 2.18. The molecule has 0 aliphatic heterocycles. The second-order valence-electron chi connectivity index (χ2n) is 2.66. The van der Waals surface area contributed by atoms with E-state index in [-0.39, 0.29) is 0 Å². The van der Waals surface area contributed by atoms with Gasteiger partial charge in [-0.25, -0.2) is 0 Å². The standard InChI is InChI=1S/C8H13Cl/c9-7-8-5-3-1-2-4-6-8/h1,3,8H,2,4-7H2. The lowest BCUT2D eigenvalue weighted by atomic mass is 10.0. The number of alkyl halides is 1. The summed E-state index contributed by atoms with van der Waals surface area (Å²) in [6.07, 6.45) is 9.63. The summed E-state index contributed by atoms with van der Waals surface area (Å²) in [4.78, 5) is 0. The molecule has 52 valence electrons. The van der Waals surface area contributed by atoms with E-state index in [1.54, 1.807) is 0 Å². The lowest BCUT2D eigenvalue weighted by Gasteiger charge is -2.06. The van der Waals surface area contributed by atoms with Gasteiger partial charge in [-0.05, 0) is 31.6 Å². The average Bonchev–Trinajstić information content (AvgIpc) is 2.13. The smallest absolute Gasteiger partial charge is 0.0254 e. The maximum absolute atomic E-state index is 5.72. The number of rotatable bonds is 1. The molecule has 0 nitrogen and oxygen atoms in total. The fourth-order valence-electron chi connectivity index (χ4n) is 1.19. The summed E-state index contributed by atoms with van der Waals surface area (Å²) in [5, 5.41) is 0. The van der Waals surface area contributed by atoms with Gasteiger partial charge in [0.15, 0.2) is 0 Å². The molecule has 9 heavy (non-hydrogen) atoms. The van der Waals surface area contributed by atoms with Crippen LogP contribution in [0.5, 0.6) is 0 Å². The summed E-state index contributed by atoms with van der Waals surface area (Å²) in [6.45, 7) is 0. The van der Waals surface area contributed by atoms with Crippen LogP contribution < -0.4 is 0 Å². The number of halogens is 1. The van der Waals surface area contributed by atoms with Crippen molar-refractivity contribution in [3.63, 3.8) is 0 Å². The van der Waals surface area contributed by atoms with Crippen LogP contribution in [0.2, 0.25) is 0 Å². The molecule has 0 N–H and O–H groups in total. The molecule has 0 amide bonds. The van der Waals surface area contributed by atoms with E-state index in [1.807, 2.05) is 0 Å². The van der Waals surface area contributed by atoms with E-state index in [4.69, 9.17) is 11.6 Å². The van der Waals surface area contributed by atoms with E-state index in [1.165, 1.54) is 25.7 Å². The Kier molecular flexibility index (Phi) is 3.13. The van der Waals surface area contributed by atoms with Crippen molar-refractivity contribution in [1.82, 2.24) is 0 Å². The molecule has 1 rings (SSSR count). The third-order valence-electron chi connectivity index (χ3n) is 1.84. The highest BCUT2D eigenvalue weighted by molar-refractivity contribution is 6.18. The van der Waals surface area contributed by atoms with Gasteiger partial charge in [0.2, 0.25) is 0 Å². The van der Waals surface area contributed by atoms with Crippen LogP contribution >= 0.6 is 11.6 Å². The SMILES string of the molecule is ClCC1CC=CCCC1. The van der Waals surface area contributed by atoms with Gasteiger partial charge in [-0.1, -0.05) is 12.2 Å². The van der Waals surface area contributed by atoms with Crippen LogP contribution in [0.15, 0.2) is 12.2 Å². The monoisotopic (exact) mass is 144 g/mol. The van der Waals surface area contributed by atoms with Crippen molar-refractivity contribution in [3.05, 3.63) is 12.2 Å². The van der Waals surface area contributed by atoms with E-state index in [2.05, 4.69) is 12.2 Å². The Hall–Kier alpha value is 0.0300. The third-order valence-corrected chi connectivity index (χ3v) is 2.27. The fourth-order valence-corrected chi connectivity index (χ4v) is 1.47. The molecule has 0 spiro atoms. The van der Waals surface area contributed by atoms with Crippen LogP contribution in [0, 0.1) is 5.92 Å². The molecular weight excluding hydrogens is 132 g/mol. The van der Waals surface area contributed by atoms with Gasteiger partial charge in [-0.3, -0.25) is 0 Å².